The predicted octanol–water partition coefficient (Wildman–Crippen LogP) is 3.52. The minimum Gasteiger partial charge on any atom is -0.311 e. The molecule has 110 valence electrons. The van der Waals surface area contributed by atoms with Crippen molar-refractivity contribution in [3.05, 3.63) is 11.8 Å². The molecule has 0 spiro atoms. The summed E-state index contributed by atoms with van der Waals surface area (Å²) in [5, 5.41) is 9.97. The third-order valence-corrected chi connectivity index (χ3v) is 5.26. The third-order valence-electron chi connectivity index (χ3n) is 5.26. The Morgan fingerprint density at radius 3 is 2.90 bits per heavy atom. The SMILES string of the molecule is CCc1cn[nH]c1NC(=O)C1CCC2CCCCC2C1. The number of nitrogens with one attached hydrogen (secondary N) is 2. The fraction of sp³-hybridized carbons (Fsp3) is 0.750. The lowest BCUT2D eigenvalue weighted by atomic mass is 9.67. The summed E-state index contributed by atoms with van der Waals surface area (Å²) in [6.07, 6.45) is 11.6. The van der Waals surface area contributed by atoms with Gasteiger partial charge in [0.25, 0.3) is 0 Å². The van der Waals surface area contributed by atoms with Crippen molar-refractivity contribution in [2.24, 2.45) is 17.8 Å². The Labute approximate surface area is 120 Å². The maximum absolute atomic E-state index is 12.4. The largest absolute Gasteiger partial charge is 0.311 e. The standard InChI is InChI=1S/C16H25N3O/c1-2-11-10-17-19-15(11)18-16(20)14-8-7-12-5-3-4-6-13(12)9-14/h10,12-14H,2-9H2,1H3,(H2,17,18,19,20). The van der Waals surface area contributed by atoms with Gasteiger partial charge in [0.1, 0.15) is 5.82 Å². The van der Waals surface area contributed by atoms with Gasteiger partial charge in [-0.25, -0.2) is 0 Å². The van der Waals surface area contributed by atoms with Crippen LogP contribution in [0.5, 0.6) is 0 Å². The summed E-state index contributed by atoms with van der Waals surface area (Å²) in [7, 11) is 0. The highest BCUT2D eigenvalue weighted by Gasteiger charge is 2.35. The summed E-state index contributed by atoms with van der Waals surface area (Å²) >= 11 is 0. The molecule has 4 heteroatoms. The van der Waals surface area contributed by atoms with Crippen LogP contribution in [0.2, 0.25) is 0 Å². The van der Waals surface area contributed by atoms with E-state index in [4.69, 9.17) is 0 Å². The Bertz CT molecular complexity index is 468. The van der Waals surface area contributed by atoms with Gasteiger partial charge in [0, 0.05) is 11.5 Å². The Hall–Kier alpha value is -1.32. The first kappa shape index (κ1) is 13.7. The number of carbonyl (C=O) groups excluding carboxylic acids is 1. The Kier molecular flexibility index (Phi) is 4.08. The first-order valence-corrected chi connectivity index (χ1v) is 8.11. The summed E-state index contributed by atoms with van der Waals surface area (Å²) < 4.78 is 0. The molecule has 20 heavy (non-hydrogen) atoms. The molecular formula is C16H25N3O. The molecule has 2 N–H and O–H groups in total. The van der Waals surface area contributed by atoms with Gasteiger partial charge in [0.2, 0.25) is 5.91 Å². The first-order chi connectivity index (χ1) is 9.78. The van der Waals surface area contributed by atoms with Gasteiger partial charge in [-0.05, 0) is 37.5 Å². The van der Waals surface area contributed by atoms with Crippen molar-refractivity contribution in [3.8, 4) is 0 Å². The number of H-pyrrole nitrogens is 1. The summed E-state index contributed by atoms with van der Waals surface area (Å²) in [5.74, 6) is 2.87. The highest BCUT2D eigenvalue weighted by molar-refractivity contribution is 5.92. The summed E-state index contributed by atoms with van der Waals surface area (Å²) in [6, 6.07) is 0. The second-order valence-electron chi connectivity index (χ2n) is 6.43. The molecule has 1 amide bonds. The lowest BCUT2D eigenvalue weighted by Crippen LogP contribution is -2.34. The summed E-state index contributed by atoms with van der Waals surface area (Å²) in [5.41, 5.74) is 1.09. The number of amides is 1. The molecule has 1 aromatic rings. The average molecular weight is 275 g/mol. The molecule has 2 aliphatic carbocycles. The molecular weight excluding hydrogens is 250 g/mol. The second-order valence-corrected chi connectivity index (χ2v) is 6.43. The molecule has 3 atom stereocenters. The van der Waals surface area contributed by atoms with E-state index in [9.17, 15) is 4.79 Å². The van der Waals surface area contributed by atoms with E-state index in [2.05, 4.69) is 22.4 Å². The van der Waals surface area contributed by atoms with E-state index in [0.717, 1.165) is 42.5 Å². The maximum Gasteiger partial charge on any atom is 0.228 e. The van der Waals surface area contributed by atoms with Crippen LogP contribution in [0.4, 0.5) is 5.82 Å². The molecule has 1 heterocycles. The molecule has 0 aliphatic heterocycles. The summed E-state index contributed by atoms with van der Waals surface area (Å²) in [6.45, 7) is 2.08. The monoisotopic (exact) mass is 275 g/mol. The maximum atomic E-state index is 12.4. The molecule has 3 rings (SSSR count). The lowest BCUT2D eigenvalue weighted by molar-refractivity contribution is -0.122. The second kappa shape index (κ2) is 5.98. The number of nitrogens with zero attached hydrogens (tertiary/aromatic N) is 1. The first-order valence-electron chi connectivity index (χ1n) is 8.11. The van der Waals surface area contributed by atoms with Crippen LogP contribution >= 0.6 is 0 Å². The number of anilines is 1. The van der Waals surface area contributed by atoms with Crippen molar-refractivity contribution < 1.29 is 4.79 Å². The fourth-order valence-corrected chi connectivity index (χ4v) is 4.02. The lowest BCUT2D eigenvalue weighted by Gasteiger charge is -2.38. The number of aromatic nitrogens is 2. The van der Waals surface area contributed by atoms with Gasteiger partial charge in [-0.1, -0.05) is 32.6 Å². The molecule has 4 nitrogen and oxygen atoms in total. The van der Waals surface area contributed by atoms with Crippen molar-refractivity contribution in [1.82, 2.24) is 10.2 Å². The molecule has 3 unspecified atom stereocenters. The van der Waals surface area contributed by atoms with Crippen molar-refractivity contribution >= 4 is 11.7 Å². The van der Waals surface area contributed by atoms with Crippen molar-refractivity contribution in [1.29, 1.82) is 0 Å². The molecule has 2 fully saturated rings. The van der Waals surface area contributed by atoms with Crippen LogP contribution in [0.3, 0.4) is 0 Å². The van der Waals surface area contributed by atoms with Gasteiger partial charge in [-0.2, -0.15) is 5.10 Å². The minimum atomic E-state index is 0.188. The van der Waals surface area contributed by atoms with Crippen molar-refractivity contribution in [3.63, 3.8) is 0 Å². The molecule has 2 aliphatic rings. The van der Waals surface area contributed by atoms with Crippen molar-refractivity contribution in [2.45, 2.75) is 58.3 Å². The number of aromatic amines is 1. The minimum absolute atomic E-state index is 0.188. The van der Waals surface area contributed by atoms with Gasteiger partial charge >= 0.3 is 0 Å². The molecule has 0 bridgehead atoms. The zero-order chi connectivity index (χ0) is 13.9. The number of carbonyl (C=O) groups is 1. The number of fused-ring (bicyclic) bond motifs is 1. The zero-order valence-corrected chi connectivity index (χ0v) is 12.3. The number of hydrogen-bond donors (Lipinski definition) is 2. The number of hydrogen-bond acceptors (Lipinski definition) is 2. The van der Waals surface area contributed by atoms with Crippen LogP contribution in [0, 0.1) is 17.8 Å². The fourth-order valence-electron chi connectivity index (χ4n) is 4.02. The zero-order valence-electron chi connectivity index (χ0n) is 12.3. The van der Waals surface area contributed by atoms with Crippen LogP contribution in [-0.2, 0) is 11.2 Å². The van der Waals surface area contributed by atoms with Crippen LogP contribution in [0.1, 0.15) is 57.4 Å². The van der Waals surface area contributed by atoms with Crippen molar-refractivity contribution in [2.75, 3.05) is 5.32 Å². The molecule has 0 saturated heterocycles. The van der Waals surface area contributed by atoms with E-state index < -0.39 is 0 Å². The van der Waals surface area contributed by atoms with Gasteiger partial charge in [-0.15, -0.1) is 0 Å². The van der Waals surface area contributed by atoms with E-state index in [0.29, 0.717) is 0 Å². The molecule has 1 aromatic heterocycles. The number of rotatable bonds is 3. The van der Waals surface area contributed by atoms with Gasteiger partial charge < -0.3 is 5.32 Å². The highest BCUT2D eigenvalue weighted by atomic mass is 16.2. The highest BCUT2D eigenvalue weighted by Crippen LogP contribution is 2.42. The van der Waals surface area contributed by atoms with Crippen LogP contribution < -0.4 is 5.32 Å². The van der Waals surface area contributed by atoms with Gasteiger partial charge in [0.15, 0.2) is 0 Å². The Morgan fingerprint density at radius 1 is 1.30 bits per heavy atom. The molecule has 0 radical (unpaired) electrons. The third kappa shape index (κ3) is 2.74. The molecule has 0 aromatic carbocycles. The Morgan fingerprint density at radius 2 is 2.10 bits per heavy atom. The smallest absolute Gasteiger partial charge is 0.228 e. The number of aryl methyl sites for hydroxylation is 1. The predicted molar refractivity (Wildman–Crippen MR) is 79.4 cm³/mol. The van der Waals surface area contributed by atoms with E-state index in [-0.39, 0.29) is 11.8 Å². The van der Waals surface area contributed by atoms with E-state index in [1.54, 1.807) is 6.20 Å². The normalized spacial score (nSPS) is 29.8. The topological polar surface area (TPSA) is 57.8 Å². The molecule has 2 saturated carbocycles. The van der Waals surface area contributed by atoms with E-state index in [1.165, 1.54) is 32.1 Å². The van der Waals surface area contributed by atoms with Crippen LogP contribution in [0.25, 0.3) is 0 Å². The van der Waals surface area contributed by atoms with Crippen LogP contribution in [0.15, 0.2) is 6.20 Å². The van der Waals surface area contributed by atoms with Gasteiger partial charge in [0.05, 0.1) is 6.20 Å². The van der Waals surface area contributed by atoms with E-state index >= 15 is 0 Å². The average Bonchev–Trinajstić information content (AvgIpc) is 2.94. The van der Waals surface area contributed by atoms with E-state index in [1.807, 2.05) is 0 Å². The van der Waals surface area contributed by atoms with Crippen LogP contribution in [-0.4, -0.2) is 16.1 Å². The Balaban J connectivity index is 1.60. The van der Waals surface area contributed by atoms with Gasteiger partial charge in [-0.3, -0.25) is 9.89 Å². The quantitative estimate of drug-likeness (QED) is 0.886. The summed E-state index contributed by atoms with van der Waals surface area (Å²) in [4.78, 5) is 12.4.